The maximum atomic E-state index is 12.6. The number of hydrogen-bond acceptors (Lipinski definition) is 4. The molecule has 2 N–H and O–H groups in total. The first-order chi connectivity index (χ1) is 13.1. The molecule has 1 aliphatic rings. The summed E-state index contributed by atoms with van der Waals surface area (Å²) in [5, 5.41) is 6.48. The number of morpholine rings is 1. The normalized spacial score (nSPS) is 15.2. The molecule has 1 saturated heterocycles. The summed E-state index contributed by atoms with van der Waals surface area (Å²) in [6.45, 7) is 7.42. The van der Waals surface area contributed by atoms with Gasteiger partial charge >= 0.3 is 6.61 Å². The van der Waals surface area contributed by atoms with Crippen molar-refractivity contribution in [3.8, 4) is 5.75 Å². The van der Waals surface area contributed by atoms with Crippen LogP contribution in [-0.4, -0.2) is 63.4 Å². The van der Waals surface area contributed by atoms with Crippen LogP contribution in [0.5, 0.6) is 5.75 Å². The molecule has 0 atom stereocenters. The molecule has 0 unspecified atom stereocenters. The first kappa shape index (κ1) is 24.8. The molecule has 1 aliphatic heterocycles. The summed E-state index contributed by atoms with van der Waals surface area (Å²) in [7, 11) is 0. The Kier molecular flexibility index (Phi) is 12.3. The first-order valence-corrected chi connectivity index (χ1v) is 9.45. The summed E-state index contributed by atoms with van der Waals surface area (Å²) in [4.78, 5) is 6.90. The molecule has 2 rings (SSSR count). The van der Waals surface area contributed by atoms with Crippen molar-refractivity contribution in [3.05, 3.63) is 29.3 Å². The highest BCUT2D eigenvalue weighted by atomic mass is 127. The van der Waals surface area contributed by atoms with E-state index < -0.39 is 6.61 Å². The second kappa shape index (κ2) is 13.9. The Labute approximate surface area is 183 Å². The van der Waals surface area contributed by atoms with Gasteiger partial charge in [0.2, 0.25) is 0 Å². The molecule has 1 aromatic rings. The lowest BCUT2D eigenvalue weighted by Gasteiger charge is -2.26. The first-order valence-electron chi connectivity index (χ1n) is 9.45. The van der Waals surface area contributed by atoms with Crippen LogP contribution in [0, 0.1) is 6.92 Å². The molecule has 0 aromatic heterocycles. The Morgan fingerprint density at radius 3 is 2.71 bits per heavy atom. The average molecular weight is 512 g/mol. The Bertz CT molecular complexity index is 599. The standard InChI is InChI=1S/C19H30F2N4O2.HI/c1-3-22-19(23-7-4-8-25-9-11-26-12-10-25)24-14-16-13-15(2)5-6-17(16)27-18(20)21;/h5-6,13,18H,3-4,7-12,14H2,1-2H3,(H2,22,23,24);1H. The molecule has 0 aliphatic carbocycles. The van der Waals surface area contributed by atoms with Gasteiger partial charge in [0, 0.05) is 31.7 Å². The number of benzene rings is 1. The lowest BCUT2D eigenvalue weighted by atomic mass is 10.1. The van der Waals surface area contributed by atoms with Gasteiger partial charge in [-0.15, -0.1) is 24.0 Å². The molecule has 0 bridgehead atoms. The van der Waals surface area contributed by atoms with E-state index in [-0.39, 0.29) is 36.3 Å². The number of nitrogens with one attached hydrogen (secondary N) is 2. The molecule has 0 radical (unpaired) electrons. The minimum absolute atomic E-state index is 0. The van der Waals surface area contributed by atoms with Crippen LogP contribution < -0.4 is 15.4 Å². The molecule has 1 aromatic carbocycles. The zero-order valence-corrected chi connectivity index (χ0v) is 18.9. The van der Waals surface area contributed by atoms with E-state index in [4.69, 9.17) is 4.74 Å². The molecule has 9 heteroatoms. The van der Waals surface area contributed by atoms with Crippen LogP contribution in [0.4, 0.5) is 8.78 Å². The second-order valence-corrected chi connectivity index (χ2v) is 6.42. The third-order valence-corrected chi connectivity index (χ3v) is 4.23. The van der Waals surface area contributed by atoms with Gasteiger partial charge in [-0.05, 0) is 32.9 Å². The Morgan fingerprint density at radius 1 is 1.29 bits per heavy atom. The van der Waals surface area contributed by atoms with Gasteiger partial charge in [-0.25, -0.2) is 4.99 Å². The maximum absolute atomic E-state index is 12.6. The molecule has 6 nitrogen and oxygen atoms in total. The van der Waals surface area contributed by atoms with Gasteiger partial charge in [-0.1, -0.05) is 17.7 Å². The molecular weight excluding hydrogens is 481 g/mol. The zero-order valence-electron chi connectivity index (χ0n) is 16.5. The summed E-state index contributed by atoms with van der Waals surface area (Å²) in [6, 6.07) is 5.14. The quantitative estimate of drug-likeness (QED) is 0.231. The van der Waals surface area contributed by atoms with Gasteiger partial charge in [0.25, 0.3) is 0 Å². The molecule has 0 saturated carbocycles. The number of ether oxygens (including phenoxy) is 2. The largest absolute Gasteiger partial charge is 0.434 e. The van der Waals surface area contributed by atoms with Crippen molar-refractivity contribution in [3.63, 3.8) is 0 Å². The third kappa shape index (κ3) is 9.33. The zero-order chi connectivity index (χ0) is 19.5. The monoisotopic (exact) mass is 512 g/mol. The van der Waals surface area contributed by atoms with E-state index in [1.807, 2.05) is 19.9 Å². The second-order valence-electron chi connectivity index (χ2n) is 6.42. The van der Waals surface area contributed by atoms with Crippen molar-refractivity contribution in [1.29, 1.82) is 0 Å². The van der Waals surface area contributed by atoms with Crippen molar-refractivity contribution in [1.82, 2.24) is 15.5 Å². The number of aryl methyl sites for hydroxylation is 1. The Balaban J connectivity index is 0.00000392. The van der Waals surface area contributed by atoms with E-state index in [9.17, 15) is 8.78 Å². The predicted molar refractivity (Wildman–Crippen MR) is 118 cm³/mol. The molecular formula is C19H31F2IN4O2. The van der Waals surface area contributed by atoms with Crippen LogP contribution in [-0.2, 0) is 11.3 Å². The number of aliphatic imine (C=N–C) groups is 1. The highest BCUT2D eigenvalue weighted by Gasteiger charge is 2.11. The van der Waals surface area contributed by atoms with E-state index in [1.54, 1.807) is 12.1 Å². The van der Waals surface area contributed by atoms with E-state index in [2.05, 4.69) is 25.3 Å². The van der Waals surface area contributed by atoms with E-state index >= 15 is 0 Å². The summed E-state index contributed by atoms with van der Waals surface area (Å²) in [5.74, 6) is 0.839. The van der Waals surface area contributed by atoms with Crippen molar-refractivity contribution < 1.29 is 18.3 Å². The van der Waals surface area contributed by atoms with Crippen LogP contribution in [0.2, 0.25) is 0 Å². The van der Waals surface area contributed by atoms with Crippen LogP contribution >= 0.6 is 24.0 Å². The minimum atomic E-state index is -2.85. The molecule has 160 valence electrons. The van der Waals surface area contributed by atoms with Gasteiger partial charge in [0.05, 0.1) is 19.8 Å². The molecule has 0 amide bonds. The number of halogens is 3. The van der Waals surface area contributed by atoms with E-state index in [1.165, 1.54) is 0 Å². The van der Waals surface area contributed by atoms with Crippen LogP contribution in [0.15, 0.2) is 23.2 Å². The van der Waals surface area contributed by atoms with Gasteiger partial charge < -0.3 is 20.1 Å². The SMILES string of the molecule is CCNC(=NCc1cc(C)ccc1OC(F)F)NCCCN1CCOCC1.I. The fourth-order valence-electron chi connectivity index (χ4n) is 2.88. The van der Waals surface area contributed by atoms with E-state index in [0.717, 1.165) is 57.9 Å². The summed E-state index contributed by atoms with van der Waals surface area (Å²) >= 11 is 0. The minimum Gasteiger partial charge on any atom is -0.434 e. The molecule has 0 spiro atoms. The number of alkyl halides is 2. The highest BCUT2D eigenvalue weighted by molar-refractivity contribution is 14.0. The smallest absolute Gasteiger partial charge is 0.387 e. The number of hydrogen-bond donors (Lipinski definition) is 2. The van der Waals surface area contributed by atoms with Gasteiger partial charge in [0.15, 0.2) is 5.96 Å². The number of guanidine groups is 1. The van der Waals surface area contributed by atoms with Crippen molar-refractivity contribution in [2.75, 3.05) is 45.9 Å². The number of nitrogens with zero attached hydrogens (tertiary/aromatic N) is 2. The van der Waals surface area contributed by atoms with Gasteiger partial charge in [-0.2, -0.15) is 8.78 Å². The van der Waals surface area contributed by atoms with Crippen LogP contribution in [0.25, 0.3) is 0 Å². The summed E-state index contributed by atoms with van der Waals surface area (Å²) in [5.41, 5.74) is 1.62. The van der Waals surface area contributed by atoms with Gasteiger partial charge in [0.1, 0.15) is 5.75 Å². The number of rotatable bonds is 9. The Morgan fingerprint density at radius 2 is 2.04 bits per heavy atom. The van der Waals surface area contributed by atoms with Crippen LogP contribution in [0.3, 0.4) is 0 Å². The predicted octanol–water partition coefficient (Wildman–Crippen LogP) is 2.99. The fourth-order valence-corrected chi connectivity index (χ4v) is 2.88. The topological polar surface area (TPSA) is 58.1 Å². The molecule has 1 fully saturated rings. The highest BCUT2D eigenvalue weighted by Crippen LogP contribution is 2.22. The van der Waals surface area contributed by atoms with Crippen molar-refractivity contribution in [2.24, 2.45) is 4.99 Å². The molecule has 28 heavy (non-hydrogen) atoms. The van der Waals surface area contributed by atoms with E-state index in [0.29, 0.717) is 11.5 Å². The third-order valence-electron chi connectivity index (χ3n) is 4.23. The van der Waals surface area contributed by atoms with Crippen molar-refractivity contribution in [2.45, 2.75) is 33.4 Å². The summed E-state index contributed by atoms with van der Waals surface area (Å²) < 4.78 is 35.1. The average Bonchev–Trinajstić information content (AvgIpc) is 2.65. The lowest BCUT2D eigenvalue weighted by Crippen LogP contribution is -2.40. The van der Waals surface area contributed by atoms with Gasteiger partial charge in [-0.3, -0.25) is 4.90 Å². The Hall–Kier alpha value is -1.20. The lowest BCUT2D eigenvalue weighted by molar-refractivity contribution is -0.0504. The molecule has 1 heterocycles. The maximum Gasteiger partial charge on any atom is 0.387 e. The van der Waals surface area contributed by atoms with Crippen molar-refractivity contribution >= 4 is 29.9 Å². The van der Waals surface area contributed by atoms with Crippen LogP contribution in [0.1, 0.15) is 24.5 Å². The fraction of sp³-hybridized carbons (Fsp3) is 0.632. The summed E-state index contributed by atoms with van der Waals surface area (Å²) in [6.07, 6.45) is 0.995.